The van der Waals surface area contributed by atoms with Gasteiger partial charge in [0.2, 0.25) is 16.1 Å². The van der Waals surface area contributed by atoms with Crippen LogP contribution in [0.4, 0.5) is 11.4 Å². The zero-order chi connectivity index (χ0) is 35.2. The standard InChI is InChI=1S/C36H43ClN2O8S2/c1-35(2)28-14-5-7-16-30(28)38(22-10-24-44-48-47-46-40)32(35)20-18-26-12-9-13-27(34(26)37)19-21-33-36(3,4)29-15-6-8-17-31(29)39(33)23-11-25-45-49(41,42)43/h5-8,14-21H,9-13,22-25H2,1-4H3,(H-,40,41,42,43)/p-1. The molecule has 10 nitrogen and oxygen atoms in total. The van der Waals surface area contributed by atoms with Gasteiger partial charge in [0, 0.05) is 52.5 Å². The van der Waals surface area contributed by atoms with Crippen LogP contribution in [0.2, 0.25) is 0 Å². The topological polar surface area (TPSA) is 123 Å². The van der Waals surface area contributed by atoms with Crippen LogP contribution >= 0.6 is 23.9 Å². The first-order valence-corrected chi connectivity index (χ1v) is 18.7. The van der Waals surface area contributed by atoms with E-state index in [1.165, 1.54) is 11.1 Å². The monoisotopic (exact) mass is 729 g/mol. The van der Waals surface area contributed by atoms with Crippen LogP contribution < -0.4 is 10.2 Å². The summed E-state index contributed by atoms with van der Waals surface area (Å²) in [4.78, 5) is 2.17. The number of hydrogen-bond donors (Lipinski definition) is 0. The van der Waals surface area contributed by atoms with E-state index >= 15 is 0 Å². The highest BCUT2D eigenvalue weighted by atomic mass is 35.5. The Bertz CT molecular complexity index is 1800. The summed E-state index contributed by atoms with van der Waals surface area (Å²) in [5.41, 5.74) is 8.43. The van der Waals surface area contributed by atoms with E-state index in [0.29, 0.717) is 44.9 Å². The molecule has 0 saturated carbocycles. The van der Waals surface area contributed by atoms with Crippen molar-refractivity contribution in [1.82, 2.24) is 0 Å². The molecule has 0 bridgehead atoms. The summed E-state index contributed by atoms with van der Waals surface area (Å²) < 4.78 is 49.2. The second-order valence-electron chi connectivity index (χ2n) is 13.2. The Morgan fingerprint density at radius 3 is 2.45 bits per heavy atom. The number of benzene rings is 2. The summed E-state index contributed by atoms with van der Waals surface area (Å²) in [7, 11) is -4.74. The molecule has 0 spiro atoms. The van der Waals surface area contributed by atoms with Crippen LogP contribution in [0.1, 0.15) is 70.9 Å². The summed E-state index contributed by atoms with van der Waals surface area (Å²) >= 11 is 7.65. The number of halogens is 1. The van der Waals surface area contributed by atoms with Gasteiger partial charge >= 0.3 is 0 Å². The summed E-state index contributed by atoms with van der Waals surface area (Å²) in [5.74, 6) is 0. The molecule has 13 heteroatoms. The summed E-state index contributed by atoms with van der Waals surface area (Å²) in [5, 5.41) is 14.1. The van der Waals surface area contributed by atoms with Gasteiger partial charge < -0.3 is 14.7 Å². The van der Waals surface area contributed by atoms with Gasteiger partial charge in [-0.05, 0) is 68.4 Å². The van der Waals surface area contributed by atoms with Gasteiger partial charge in [0.05, 0.1) is 18.6 Å². The lowest BCUT2D eigenvalue weighted by Crippen LogP contribution is -2.28. The zero-order valence-corrected chi connectivity index (χ0v) is 30.5. The Balaban J connectivity index is 1.41. The number of rotatable bonds is 15. The van der Waals surface area contributed by atoms with Gasteiger partial charge in [-0.3, -0.25) is 13.4 Å². The third-order valence-corrected chi connectivity index (χ3v) is 10.7. The van der Waals surface area contributed by atoms with E-state index < -0.39 is 10.4 Å². The molecule has 0 unspecified atom stereocenters. The molecule has 0 saturated heterocycles. The molecular formula is C36H42ClN2O8S2-. The largest absolute Gasteiger partial charge is 0.726 e. The van der Waals surface area contributed by atoms with Crippen molar-refractivity contribution in [3.05, 3.63) is 106 Å². The number of para-hydroxylation sites is 2. The van der Waals surface area contributed by atoms with Crippen molar-refractivity contribution in [2.45, 2.75) is 70.6 Å². The maximum atomic E-state index is 11.0. The van der Waals surface area contributed by atoms with Gasteiger partial charge in [0.25, 0.3) is 0 Å². The van der Waals surface area contributed by atoms with Gasteiger partial charge in [0.15, 0.2) is 24.6 Å². The normalized spacial score (nSPS) is 20.3. The van der Waals surface area contributed by atoms with Gasteiger partial charge in [-0.15, -0.1) is 4.33 Å². The highest BCUT2D eigenvalue weighted by molar-refractivity contribution is 7.89. The smallest absolute Gasteiger partial charge is 0.217 e. The molecule has 2 heterocycles. The molecule has 2 aromatic rings. The first-order chi connectivity index (χ1) is 23.4. The Hall–Kier alpha value is -2.78. The molecule has 0 fully saturated rings. The predicted molar refractivity (Wildman–Crippen MR) is 189 cm³/mol. The molecule has 0 radical (unpaired) electrons. The first-order valence-electron chi connectivity index (χ1n) is 16.3. The number of hydrogen-bond acceptors (Lipinski definition) is 10. The van der Waals surface area contributed by atoms with E-state index in [1.807, 2.05) is 18.2 Å². The fourth-order valence-electron chi connectivity index (χ4n) is 7.06. The minimum absolute atomic E-state index is 0.179. The molecule has 0 amide bonds. The SMILES string of the molecule is CC1(C)C(/C=C/C2=C(Cl)C(=C/C=C3/N(CCCOS(=O)(=O)[O-])c4ccccc4C3(C)C)/CCC2)=[N+](CCCOSOO[O-])c2ccccc21. The molecule has 0 N–H and O–H groups in total. The van der Waals surface area contributed by atoms with Crippen LogP contribution in [0.5, 0.6) is 0 Å². The van der Waals surface area contributed by atoms with Crippen LogP contribution in [0.3, 0.4) is 0 Å². The van der Waals surface area contributed by atoms with Crippen molar-refractivity contribution in [2.24, 2.45) is 0 Å². The molecule has 1 aliphatic carbocycles. The lowest BCUT2D eigenvalue weighted by atomic mass is 9.81. The van der Waals surface area contributed by atoms with Crippen LogP contribution in [0.15, 0.2) is 94.7 Å². The molecule has 0 aromatic heterocycles. The number of allylic oxidation sites excluding steroid dienone is 8. The predicted octanol–water partition coefficient (Wildman–Crippen LogP) is 6.96. The Kier molecular flexibility index (Phi) is 12.3. The van der Waals surface area contributed by atoms with Crippen LogP contribution in [-0.4, -0.2) is 49.6 Å². The second kappa shape index (κ2) is 16.1. The van der Waals surface area contributed by atoms with Crippen molar-refractivity contribution in [3.63, 3.8) is 0 Å². The summed E-state index contributed by atoms with van der Waals surface area (Å²) in [6.07, 6.45) is 12.3. The van der Waals surface area contributed by atoms with E-state index in [9.17, 15) is 18.2 Å². The number of anilines is 1. The second-order valence-corrected chi connectivity index (χ2v) is 15.1. The third kappa shape index (κ3) is 8.58. The Morgan fingerprint density at radius 1 is 0.959 bits per heavy atom. The molecule has 0 atom stereocenters. The maximum absolute atomic E-state index is 11.0. The minimum atomic E-state index is -4.74. The average Bonchev–Trinajstić information content (AvgIpc) is 3.41. The lowest BCUT2D eigenvalue weighted by molar-refractivity contribution is -0.777. The molecule has 2 aromatic carbocycles. The summed E-state index contributed by atoms with van der Waals surface area (Å²) in [6, 6.07) is 16.6. The highest BCUT2D eigenvalue weighted by Crippen LogP contribution is 2.48. The van der Waals surface area contributed by atoms with Crippen LogP contribution in [-0.2, 0) is 39.0 Å². The van der Waals surface area contributed by atoms with Crippen molar-refractivity contribution in [2.75, 3.05) is 31.2 Å². The Morgan fingerprint density at radius 2 is 1.69 bits per heavy atom. The van der Waals surface area contributed by atoms with Crippen LogP contribution in [0.25, 0.3) is 0 Å². The van der Waals surface area contributed by atoms with E-state index in [4.69, 9.17) is 15.8 Å². The first kappa shape index (κ1) is 37.5. The molecule has 5 rings (SSSR count). The van der Waals surface area contributed by atoms with Gasteiger partial charge in [-0.1, -0.05) is 74.0 Å². The molecule has 49 heavy (non-hydrogen) atoms. The highest BCUT2D eigenvalue weighted by Gasteiger charge is 2.44. The van der Waals surface area contributed by atoms with E-state index in [2.05, 4.69) is 105 Å². The molecule has 2 aliphatic heterocycles. The fraction of sp³-hybridized carbons (Fsp3) is 0.417. The zero-order valence-electron chi connectivity index (χ0n) is 28.1. The number of fused-ring (bicyclic) bond motifs is 2. The van der Waals surface area contributed by atoms with Crippen molar-refractivity contribution < 1.29 is 40.5 Å². The number of nitrogens with zero attached hydrogens (tertiary/aromatic N) is 2. The van der Waals surface area contributed by atoms with E-state index in [0.717, 1.165) is 58.2 Å². The van der Waals surface area contributed by atoms with Crippen molar-refractivity contribution in [3.8, 4) is 0 Å². The van der Waals surface area contributed by atoms with Crippen molar-refractivity contribution in [1.29, 1.82) is 0 Å². The van der Waals surface area contributed by atoms with E-state index in [1.54, 1.807) is 0 Å². The van der Waals surface area contributed by atoms with E-state index in [-0.39, 0.29) is 17.4 Å². The lowest BCUT2D eigenvalue weighted by Gasteiger charge is -2.27. The van der Waals surface area contributed by atoms with Gasteiger partial charge in [-0.25, -0.2) is 8.42 Å². The quantitative estimate of drug-likeness (QED) is 0.0361. The van der Waals surface area contributed by atoms with Crippen LogP contribution in [0, 0.1) is 0 Å². The average molecular weight is 730 g/mol. The van der Waals surface area contributed by atoms with Gasteiger partial charge in [0.1, 0.15) is 0 Å². The minimum Gasteiger partial charge on any atom is -0.726 e. The molecule has 3 aliphatic rings. The molecule has 264 valence electrons. The van der Waals surface area contributed by atoms with Crippen molar-refractivity contribution >= 4 is 51.4 Å². The van der Waals surface area contributed by atoms with Gasteiger partial charge in [-0.2, -0.15) is 4.58 Å². The maximum Gasteiger partial charge on any atom is 0.217 e. The fourth-order valence-corrected chi connectivity index (χ4v) is 7.95. The third-order valence-electron chi connectivity index (χ3n) is 9.41. The molecular weight excluding hydrogens is 688 g/mol. The Labute approximate surface area is 298 Å². The summed E-state index contributed by atoms with van der Waals surface area (Å²) in [6.45, 7) is 10.2.